The molecular formula is C35H35N3O. The van der Waals surface area contributed by atoms with E-state index in [1.165, 1.54) is 44.7 Å². The zero-order valence-electron chi connectivity index (χ0n) is 23.3. The van der Waals surface area contributed by atoms with Crippen molar-refractivity contribution in [3.05, 3.63) is 98.9 Å². The molecule has 0 amide bonds. The third-order valence-electron chi connectivity index (χ3n) is 10.4. The first-order valence-corrected chi connectivity index (χ1v) is 15.0. The Hall–Kier alpha value is -3.53. The minimum Gasteiger partial charge on any atom is -0.438 e. The SMILES string of the molecule is CC(C)C1=C2C(Cc3ccccc31)C(C)C1=CCCC3=C1N2C1c2cc4c5c(oc4nc2CN31)C=CCC5C. The third-order valence-corrected chi connectivity index (χ3v) is 10.4. The molecular weight excluding hydrogens is 478 g/mol. The lowest BCUT2D eigenvalue weighted by molar-refractivity contribution is 0.154. The third kappa shape index (κ3) is 2.73. The molecule has 0 bridgehead atoms. The highest BCUT2D eigenvalue weighted by Gasteiger charge is 2.54. The molecule has 0 N–H and O–H groups in total. The highest BCUT2D eigenvalue weighted by atomic mass is 16.3. The number of pyridine rings is 1. The number of benzene rings is 1. The molecule has 2 aromatic heterocycles. The van der Waals surface area contributed by atoms with E-state index in [-0.39, 0.29) is 6.17 Å². The number of aromatic nitrogens is 1. The van der Waals surface area contributed by atoms with Gasteiger partial charge in [-0.1, -0.05) is 64.1 Å². The van der Waals surface area contributed by atoms with E-state index in [2.05, 4.69) is 86.1 Å². The summed E-state index contributed by atoms with van der Waals surface area (Å²) in [6.07, 6.45) is 11.6. The van der Waals surface area contributed by atoms with E-state index in [4.69, 9.17) is 9.40 Å². The second kappa shape index (κ2) is 7.56. The zero-order valence-corrected chi connectivity index (χ0v) is 23.3. The summed E-state index contributed by atoms with van der Waals surface area (Å²) in [6, 6.07) is 11.6. The van der Waals surface area contributed by atoms with Gasteiger partial charge in [-0.3, -0.25) is 0 Å². The number of furan rings is 1. The second-order valence-electron chi connectivity index (χ2n) is 12.9. The highest BCUT2D eigenvalue weighted by molar-refractivity contribution is 5.85. The number of hydrogen-bond acceptors (Lipinski definition) is 4. The van der Waals surface area contributed by atoms with Gasteiger partial charge in [-0.05, 0) is 77.9 Å². The van der Waals surface area contributed by atoms with E-state index in [1.54, 1.807) is 16.8 Å². The lowest BCUT2D eigenvalue weighted by Gasteiger charge is -2.48. The van der Waals surface area contributed by atoms with Crippen LogP contribution in [0.4, 0.5) is 0 Å². The average molecular weight is 514 g/mol. The van der Waals surface area contributed by atoms with E-state index in [9.17, 15) is 0 Å². The minimum absolute atomic E-state index is 0.187. The topological polar surface area (TPSA) is 32.5 Å². The van der Waals surface area contributed by atoms with Gasteiger partial charge in [0.05, 0.1) is 17.9 Å². The van der Waals surface area contributed by atoms with Gasteiger partial charge in [0.2, 0.25) is 5.71 Å². The molecule has 3 aliphatic heterocycles. The van der Waals surface area contributed by atoms with Crippen molar-refractivity contribution in [3.63, 3.8) is 0 Å². The highest BCUT2D eigenvalue weighted by Crippen LogP contribution is 2.61. The molecule has 4 atom stereocenters. The Morgan fingerprint density at radius 1 is 1.13 bits per heavy atom. The van der Waals surface area contributed by atoms with Crippen LogP contribution in [0.5, 0.6) is 0 Å². The first kappa shape index (κ1) is 22.3. The van der Waals surface area contributed by atoms with Crippen LogP contribution in [0.1, 0.15) is 92.7 Å². The van der Waals surface area contributed by atoms with Gasteiger partial charge in [-0.15, -0.1) is 0 Å². The minimum atomic E-state index is 0.187. The van der Waals surface area contributed by atoms with E-state index >= 15 is 0 Å². The first-order chi connectivity index (χ1) is 19.0. The largest absolute Gasteiger partial charge is 0.438 e. The van der Waals surface area contributed by atoms with E-state index in [0.717, 1.165) is 43.7 Å². The van der Waals surface area contributed by atoms with Crippen molar-refractivity contribution in [3.8, 4) is 0 Å². The maximum atomic E-state index is 6.32. The molecule has 4 heteroatoms. The summed E-state index contributed by atoms with van der Waals surface area (Å²) in [6.45, 7) is 10.5. The van der Waals surface area contributed by atoms with Crippen LogP contribution in [-0.4, -0.2) is 14.8 Å². The van der Waals surface area contributed by atoms with Crippen molar-refractivity contribution in [2.75, 3.05) is 0 Å². The summed E-state index contributed by atoms with van der Waals surface area (Å²) in [4.78, 5) is 10.7. The summed E-state index contributed by atoms with van der Waals surface area (Å²) >= 11 is 0. The molecule has 1 aromatic carbocycles. The maximum absolute atomic E-state index is 6.32. The van der Waals surface area contributed by atoms with E-state index in [0.29, 0.717) is 23.7 Å². The van der Waals surface area contributed by atoms with Crippen LogP contribution in [0.15, 0.2) is 69.6 Å². The quantitative estimate of drug-likeness (QED) is 0.328. The number of rotatable bonds is 1. The molecule has 4 nitrogen and oxygen atoms in total. The maximum Gasteiger partial charge on any atom is 0.227 e. The average Bonchev–Trinajstić information content (AvgIpc) is 3.58. The Kier molecular flexibility index (Phi) is 4.32. The number of allylic oxidation sites excluding steroid dienone is 6. The monoisotopic (exact) mass is 513 g/mol. The fourth-order valence-corrected chi connectivity index (χ4v) is 8.78. The van der Waals surface area contributed by atoms with Crippen LogP contribution in [0.25, 0.3) is 22.7 Å². The summed E-state index contributed by atoms with van der Waals surface area (Å²) in [5, 5.41) is 1.22. The predicted octanol–water partition coefficient (Wildman–Crippen LogP) is 8.30. The van der Waals surface area contributed by atoms with Crippen molar-refractivity contribution in [1.82, 2.24) is 14.8 Å². The lowest BCUT2D eigenvalue weighted by Crippen LogP contribution is -2.42. The van der Waals surface area contributed by atoms with Crippen LogP contribution in [0, 0.1) is 17.8 Å². The van der Waals surface area contributed by atoms with Crippen molar-refractivity contribution in [2.45, 2.75) is 72.0 Å². The number of hydrogen-bond donors (Lipinski definition) is 0. The molecule has 3 aromatic rings. The molecule has 0 spiro atoms. The van der Waals surface area contributed by atoms with Gasteiger partial charge in [0, 0.05) is 33.8 Å². The normalized spacial score (nSPS) is 28.0. The van der Waals surface area contributed by atoms with E-state index < -0.39 is 0 Å². The molecule has 39 heavy (non-hydrogen) atoms. The van der Waals surface area contributed by atoms with Gasteiger partial charge in [-0.2, -0.15) is 0 Å². The molecule has 5 heterocycles. The van der Waals surface area contributed by atoms with Gasteiger partial charge in [0.25, 0.3) is 0 Å². The molecule has 3 aliphatic carbocycles. The lowest BCUT2D eigenvalue weighted by atomic mass is 9.67. The number of piperidine rings is 1. The molecule has 1 fully saturated rings. The molecule has 0 radical (unpaired) electrons. The Balaban J connectivity index is 1.31. The number of nitrogens with zero attached hydrogens (tertiary/aromatic N) is 3. The van der Waals surface area contributed by atoms with Crippen LogP contribution >= 0.6 is 0 Å². The summed E-state index contributed by atoms with van der Waals surface area (Å²) in [7, 11) is 0. The second-order valence-corrected chi connectivity index (χ2v) is 12.9. The Bertz CT molecular complexity index is 1730. The van der Waals surface area contributed by atoms with Crippen LogP contribution in [0.3, 0.4) is 0 Å². The fraction of sp³-hybridized carbons (Fsp3) is 0.400. The van der Waals surface area contributed by atoms with Gasteiger partial charge < -0.3 is 14.2 Å². The summed E-state index contributed by atoms with van der Waals surface area (Å²) < 4.78 is 6.32. The summed E-state index contributed by atoms with van der Waals surface area (Å²) in [5.41, 5.74) is 15.5. The van der Waals surface area contributed by atoms with Gasteiger partial charge in [-0.25, -0.2) is 4.98 Å². The Labute approximate surface area is 230 Å². The van der Waals surface area contributed by atoms with Gasteiger partial charge in [0.1, 0.15) is 11.9 Å². The molecule has 0 saturated carbocycles. The Morgan fingerprint density at radius 2 is 2.00 bits per heavy atom. The molecule has 9 rings (SSSR count). The van der Waals surface area contributed by atoms with Gasteiger partial charge in [0.15, 0.2) is 0 Å². The van der Waals surface area contributed by atoms with Crippen molar-refractivity contribution in [2.24, 2.45) is 17.8 Å². The van der Waals surface area contributed by atoms with Crippen molar-refractivity contribution >= 4 is 22.7 Å². The van der Waals surface area contributed by atoms with Crippen LogP contribution in [-0.2, 0) is 13.0 Å². The standard InChI is InChI=1S/C35H35N3O/c1-18(2)30-23-11-6-5-10-21(23)15-24-20(4)22-12-8-13-28-32(22)38(33(24)30)35-25-16-26-31-19(3)9-7-14-29(31)39-34(26)36-27(25)17-37(28)35/h5-7,10-12,14,16,18-20,24,35H,8-9,13,15,17H2,1-4H3. The predicted molar refractivity (Wildman–Crippen MR) is 155 cm³/mol. The smallest absolute Gasteiger partial charge is 0.227 e. The number of fused-ring (bicyclic) bond motifs is 11. The van der Waals surface area contributed by atoms with Crippen LogP contribution in [0.2, 0.25) is 0 Å². The molecule has 4 unspecified atom stereocenters. The van der Waals surface area contributed by atoms with Crippen LogP contribution < -0.4 is 0 Å². The zero-order chi connectivity index (χ0) is 26.2. The van der Waals surface area contributed by atoms with Gasteiger partial charge >= 0.3 is 0 Å². The molecule has 1 saturated heterocycles. The van der Waals surface area contributed by atoms with Crippen molar-refractivity contribution in [1.29, 1.82) is 0 Å². The molecule has 196 valence electrons. The van der Waals surface area contributed by atoms with Crippen molar-refractivity contribution < 1.29 is 4.42 Å². The molecule has 6 aliphatic rings. The fourth-order valence-electron chi connectivity index (χ4n) is 8.78. The first-order valence-electron chi connectivity index (χ1n) is 15.0. The Morgan fingerprint density at radius 3 is 2.87 bits per heavy atom. The summed E-state index contributed by atoms with van der Waals surface area (Å²) in [5.74, 6) is 2.94. The van der Waals surface area contributed by atoms with E-state index in [1.807, 2.05) is 0 Å².